The van der Waals surface area contributed by atoms with Crippen LogP contribution in [0.25, 0.3) is 11.3 Å². The average molecular weight is 443 g/mol. The molecule has 1 N–H and O–H groups in total. The van der Waals surface area contributed by atoms with Crippen LogP contribution in [0.2, 0.25) is 0 Å². The lowest BCUT2D eigenvalue weighted by atomic mass is 9.96. The number of pyridine rings is 1. The summed E-state index contributed by atoms with van der Waals surface area (Å²) in [5, 5.41) is 7.54. The van der Waals surface area contributed by atoms with Gasteiger partial charge in [-0.25, -0.2) is 0 Å². The van der Waals surface area contributed by atoms with E-state index in [0.29, 0.717) is 12.2 Å². The zero-order valence-corrected chi connectivity index (χ0v) is 18.6. The van der Waals surface area contributed by atoms with Gasteiger partial charge in [0.15, 0.2) is 0 Å². The van der Waals surface area contributed by atoms with Crippen molar-refractivity contribution in [3.63, 3.8) is 0 Å². The maximum atomic E-state index is 13.5. The van der Waals surface area contributed by atoms with Gasteiger partial charge < -0.3 is 9.64 Å². The van der Waals surface area contributed by atoms with Crippen molar-refractivity contribution in [1.82, 2.24) is 20.1 Å². The standard InChI is InChI=1S/C25H22N4O2S/c1-31-19-9-5-17(6-10-19)22-21-23(28-27-22)25(30)29(15-16-4-3-13-26-14-16)24(21)18-7-11-20(32-2)12-8-18/h3-14,24H,15H2,1-2H3,(H,27,28). The highest BCUT2D eigenvalue weighted by Crippen LogP contribution is 2.43. The van der Waals surface area contributed by atoms with Crippen LogP contribution in [0.5, 0.6) is 5.75 Å². The van der Waals surface area contributed by atoms with Gasteiger partial charge in [0, 0.05) is 35.0 Å². The zero-order valence-electron chi connectivity index (χ0n) is 17.8. The number of aromatic amines is 1. The molecule has 0 spiro atoms. The first-order chi connectivity index (χ1) is 15.7. The highest BCUT2D eigenvalue weighted by molar-refractivity contribution is 7.98. The van der Waals surface area contributed by atoms with Crippen LogP contribution in [0.1, 0.15) is 33.2 Å². The maximum absolute atomic E-state index is 13.5. The second-order valence-electron chi connectivity index (χ2n) is 7.56. The van der Waals surface area contributed by atoms with E-state index in [1.165, 1.54) is 4.90 Å². The van der Waals surface area contributed by atoms with E-state index < -0.39 is 0 Å². The van der Waals surface area contributed by atoms with Crippen molar-refractivity contribution in [2.75, 3.05) is 13.4 Å². The fraction of sp³-hybridized carbons (Fsp3) is 0.160. The monoisotopic (exact) mass is 442 g/mol. The molecule has 0 radical (unpaired) electrons. The summed E-state index contributed by atoms with van der Waals surface area (Å²) in [6.07, 6.45) is 5.59. The molecule has 0 saturated carbocycles. The summed E-state index contributed by atoms with van der Waals surface area (Å²) in [5.41, 5.74) is 5.19. The first kappa shape index (κ1) is 20.3. The van der Waals surface area contributed by atoms with E-state index >= 15 is 0 Å². The van der Waals surface area contributed by atoms with E-state index in [0.717, 1.165) is 33.7 Å². The fourth-order valence-electron chi connectivity index (χ4n) is 4.15. The molecular weight excluding hydrogens is 420 g/mol. The van der Waals surface area contributed by atoms with Gasteiger partial charge in [-0.1, -0.05) is 18.2 Å². The number of amides is 1. The van der Waals surface area contributed by atoms with Crippen molar-refractivity contribution < 1.29 is 9.53 Å². The number of H-pyrrole nitrogens is 1. The molecule has 6 nitrogen and oxygen atoms in total. The number of fused-ring (bicyclic) bond motifs is 1. The van der Waals surface area contributed by atoms with Crippen molar-refractivity contribution in [3.8, 4) is 17.0 Å². The Kier molecular flexibility index (Phi) is 5.41. The van der Waals surface area contributed by atoms with Crippen LogP contribution in [0, 0.1) is 0 Å². The van der Waals surface area contributed by atoms with E-state index in [-0.39, 0.29) is 11.9 Å². The highest BCUT2D eigenvalue weighted by atomic mass is 32.2. The van der Waals surface area contributed by atoms with Crippen LogP contribution in [0.3, 0.4) is 0 Å². The molecule has 2 aromatic carbocycles. The van der Waals surface area contributed by atoms with Gasteiger partial charge in [-0.2, -0.15) is 5.10 Å². The lowest BCUT2D eigenvalue weighted by Gasteiger charge is -2.26. The van der Waals surface area contributed by atoms with Gasteiger partial charge in [0.25, 0.3) is 5.91 Å². The lowest BCUT2D eigenvalue weighted by Crippen LogP contribution is -2.29. The number of nitrogens with one attached hydrogen (secondary N) is 1. The van der Waals surface area contributed by atoms with E-state index in [4.69, 9.17) is 4.74 Å². The van der Waals surface area contributed by atoms with Crippen molar-refractivity contribution >= 4 is 17.7 Å². The first-order valence-corrected chi connectivity index (χ1v) is 11.5. The predicted molar refractivity (Wildman–Crippen MR) is 125 cm³/mol. The molecule has 5 rings (SSSR count). The molecule has 32 heavy (non-hydrogen) atoms. The molecule has 1 amide bonds. The number of methoxy groups -OCH3 is 1. The quantitative estimate of drug-likeness (QED) is 0.428. The number of carbonyl (C=O) groups is 1. The van der Waals surface area contributed by atoms with Crippen LogP contribution in [0.15, 0.2) is 78.0 Å². The third-order valence-electron chi connectivity index (χ3n) is 5.73. The van der Waals surface area contributed by atoms with Gasteiger partial charge in [0.1, 0.15) is 11.4 Å². The van der Waals surface area contributed by atoms with E-state index in [1.54, 1.807) is 31.3 Å². The summed E-state index contributed by atoms with van der Waals surface area (Å²) in [6.45, 7) is 0.464. The van der Waals surface area contributed by atoms with Crippen molar-refractivity contribution in [2.24, 2.45) is 0 Å². The topological polar surface area (TPSA) is 71.1 Å². The average Bonchev–Trinajstić information content (AvgIpc) is 3.39. The Labute approximate surface area is 190 Å². The maximum Gasteiger partial charge on any atom is 0.273 e. The molecule has 0 aliphatic carbocycles. The van der Waals surface area contributed by atoms with Gasteiger partial charge in [-0.3, -0.25) is 14.9 Å². The third-order valence-corrected chi connectivity index (χ3v) is 6.48. The van der Waals surface area contributed by atoms with E-state index in [1.807, 2.05) is 41.3 Å². The molecule has 0 bridgehead atoms. The lowest BCUT2D eigenvalue weighted by molar-refractivity contribution is 0.0730. The van der Waals surface area contributed by atoms with Gasteiger partial charge in [-0.15, -0.1) is 11.8 Å². The molecule has 1 aliphatic heterocycles. The molecule has 1 unspecified atom stereocenters. The summed E-state index contributed by atoms with van der Waals surface area (Å²) < 4.78 is 5.29. The van der Waals surface area contributed by atoms with Gasteiger partial charge in [0.05, 0.1) is 18.8 Å². The molecular formula is C25H22N4O2S. The number of hydrogen-bond donors (Lipinski definition) is 1. The number of ether oxygens (including phenoxy) is 1. The Morgan fingerprint density at radius 3 is 2.53 bits per heavy atom. The number of benzene rings is 2. The molecule has 160 valence electrons. The molecule has 1 atom stereocenters. The number of hydrogen-bond acceptors (Lipinski definition) is 5. The molecule has 1 aliphatic rings. The second-order valence-corrected chi connectivity index (χ2v) is 8.44. The van der Waals surface area contributed by atoms with Crippen LogP contribution >= 0.6 is 11.8 Å². The van der Waals surface area contributed by atoms with Crippen molar-refractivity contribution in [2.45, 2.75) is 17.5 Å². The first-order valence-electron chi connectivity index (χ1n) is 10.3. The van der Waals surface area contributed by atoms with Gasteiger partial charge in [-0.05, 0) is 59.8 Å². The summed E-state index contributed by atoms with van der Waals surface area (Å²) in [7, 11) is 1.64. The largest absolute Gasteiger partial charge is 0.497 e. The molecule has 2 aromatic heterocycles. The fourth-order valence-corrected chi connectivity index (χ4v) is 4.56. The van der Waals surface area contributed by atoms with Crippen LogP contribution in [-0.2, 0) is 6.54 Å². The predicted octanol–water partition coefficient (Wildman–Crippen LogP) is 4.95. The number of aromatic nitrogens is 3. The number of thioether (sulfide) groups is 1. The normalized spacial score (nSPS) is 15.1. The zero-order chi connectivity index (χ0) is 22.1. The molecule has 4 aromatic rings. The van der Waals surface area contributed by atoms with Crippen molar-refractivity contribution in [1.29, 1.82) is 0 Å². The van der Waals surface area contributed by atoms with Gasteiger partial charge in [0.2, 0.25) is 0 Å². The highest BCUT2D eigenvalue weighted by Gasteiger charge is 2.42. The van der Waals surface area contributed by atoms with E-state index in [2.05, 4.69) is 45.7 Å². The van der Waals surface area contributed by atoms with Crippen LogP contribution in [0.4, 0.5) is 0 Å². The Bertz CT molecular complexity index is 1240. The minimum Gasteiger partial charge on any atom is -0.497 e. The van der Waals surface area contributed by atoms with Crippen LogP contribution in [-0.4, -0.2) is 39.4 Å². The minimum atomic E-state index is -0.246. The van der Waals surface area contributed by atoms with E-state index in [9.17, 15) is 4.79 Å². The van der Waals surface area contributed by atoms with Crippen molar-refractivity contribution in [3.05, 3.63) is 95.4 Å². The smallest absolute Gasteiger partial charge is 0.273 e. The van der Waals surface area contributed by atoms with Gasteiger partial charge >= 0.3 is 0 Å². The summed E-state index contributed by atoms with van der Waals surface area (Å²) in [4.78, 5) is 20.8. The molecule has 0 saturated heterocycles. The molecule has 3 heterocycles. The molecule has 0 fully saturated rings. The Morgan fingerprint density at radius 2 is 1.88 bits per heavy atom. The second kappa shape index (κ2) is 8.51. The number of carbonyl (C=O) groups excluding carboxylic acids is 1. The van der Waals surface area contributed by atoms with Crippen LogP contribution < -0.4 is 4.74 Å². The minimum absolute atomic E-state index is 0.0601. The Balaban J connectivity index is 1.62. The SMILES string of the molecule is COc1ccc(-c2n[nH]c3c2C(c2ccc(SC)cc2)N(Cc2cccnc2)C3=O)cc1. The number of rotatable bonds is 6. The Hall–Kier alpha value is -3.58. The molecule has 7 heteroatoms. The number of nitrogens with zero attached hydrogens (tertiary/aromatic N) is 3. The summed E-state index contributed by atoms with van der Waals surface area (Å²) in [6, 6.07) is 19.8. The third kappa shape index (κ3) is 3.54. The Morgan fingerprint density at radius 1 is 1.09 bits per heavy atom. The summed E-state index contributed by atoms with van der Waals surface area (Å²) in [5.74, 6) is 0.717. The summed E-state index contributed by atoms with van der Waals surface area (Å²) >= 11 is 1.70.